The molecule has 1 heterocycles. The summed E-state index contributed by atoms with van der Waals surface area (Å²) in [5.74, 6) is 0.489. The van der Waals surface area contributed by atoms with E-state index in [-0.39, 0.29) is 11.8 Å². The van der Waals surface area contributed by atoms with Crippen LogP contribution in [0, 0.1) is 19.8 Å². The molecule has 2 N–H and O–H groups in total. The Morgan fingerprint density at radius 1 is 1.28 bits per heavy atom. The lowest BCUT2D eigenvalue weighted by atomic mass is 9.94. The van der Waals surface area contributed by atoms with Crippen LogP contribution in [-0.2, 0) is 4.79 Å². The SMILES string of the molecule is Cc1cc(C)nc(NNC(=O)[C@@H]2CC=CCC2)n1. The third-order valence-corrected chi connectivity index (χ3v) is 2.92. The molecule has 1 aromatic heterocycles. The van der Waals surface area contributed by atoms with Crippen molar-refractivity contribution in [1.82, 2.24) is 15.4 Å². The molecule has 5 heteroatoms. The molecule has 0 fully saturated rings. The van der Waals surface area contributed by atoms with Gasteiger partial charge < -0.3 is 0 Å². The van der Waals surface area contributed by atoms with Gasteiger partial charge in [0, 0.05) is 17.3 Å². The van der Waals surface area contributed by atoms with Crippen molar-refractivity contribution in [2.24, 2.45) is 5.92 Å². The van der Waals surface area contributed by atoms with Gasteiger partial charge in [0.25, 0.3) is 0 Å². The van der Waals surface area contributed by atoms with Crippen LogP contribution in [0.5, 0.6) is 0 Å². The highest BCUT2D eigenvalue weighted by Crippen LogP contribution is 2.17. The van der Waals surface area contributed by atoms with E-state index in [0.717, 1.165) is 30.7 Å². The third-order valence-electron chi connectivity index (χ3n) is 2.92. The molecule has 0 aliphatic heterocycles. The van der Waals surface area contributed by atoms with E-state index in [2.05, 4.69) is 33.0 Å². The highest BCUT2D eigenvalue weighted by Gasteiger charge is 2.18. The molecule has 1 aliphatic carbocycles. The number of hydrogen-bond acceptors (Lipinski definition) is 4. The molecule has 2 rings (SSSR count). The highest BCUT2D eigenvalue weighted by molar-refractivity contribution is 5.79. The first-order chi connectivity index (χ1) is 8.65. The topological polar surface area (TPSA) is 66.9 Å². The molecule has 0 aromatic carbocycles. The molecule has 5 nitrogen and oxygen atoms in total. The van der Waals surface area contributed by atoms with Crippen molar-refractivity contribution in [3.8, 4) is 0 Å². The maximum atomic E-state index is 11.9. The molecule has 1 aliphatic rings. The number of hydrogen-bond donors (Lipinski definition) is 2. The predicted molar refractivity (Wildman–Crippen MR) is 69.8 cm³/mol. The van der Waals surface area contributed by atoms with Gasteiger partial charge in [0.1, 0.15) is 0 Å². The number of allylic oxidation sites excluding steroid dienone is 2. The molecule has 0 unspecified atom stereocenters. The van der Waals surface area contributed by atoms with Crippen LogP contribution >= 0.6 is 0 Å². The molecule has 1 amide bonds. The van der Waals surface area contributed by atoms with E-state index in [4.69, 9.17) is 0 Å². The van der Waals surface area contributed by atoms with E-state index in [9.17, 15) is 4.79 Å². The van der Waals surface area contributed by atoms with Gasteiger partial charge in [-0.1, -0.05) is 12.2 Å². The minimum Gasteiger partial charge on any atom is -0.273 e. The molecule has 0 bridgehead atoms. The standard InChI is InChI=1S/C13H18N4O/c1-9-8-10(2)15-13(14-9)17-16-12(18)11-6-4-3-5-7-11/h3-4,8,11H,5-7H2,1-2H3,(H,16,18)(H,14,15,17)/t11-/m1/s1. The Morgan fingerprint density at radius 3 is 2.61 bits per heavy atom. The minimum absolute atomic E-state index is 0.00195. The second kappa shape index (κ2) is 5.62. The quantitative estimate of drug-likeness (QED) is 0.631. The molecular formula is C13H18N4O. The zero-order chi connectivity index (χ0) is 13.0. The fourth-order valence-corrected chi connectivity index (χ4v) is 2.03. The molecule has 1 aromatic rings. The number of rotatable bonds is 3. The molecule has 18 heavy (non-hydrogen) atoms. The van der Waals surface area contributed by atoms with Crippen LogP contribution in [0.25, 0.3) is 0 Å². The zero-order valence-electron chi connectivity index (χ0n) is 10.7. The van der Waals surface area contributed by atoms with E-state index in [0.29, 0.717) is 5.95 Å². The Balaban J connectivity index is 1.90. The largest absolute Gasteiger partial charge is 0.273 e. The van der Waals surface area contributed by atoms with Crippen molar-refractivity contribution < 1.29 is 4.79 Å². The van der Waals surface area contributed by atoms with Crippen molar-refractivity contribution >= 4 is 11.9 Å². The second-order valence-electron chi connectivity index (χ2n) is 4.57. The number of carbonyl (C=O) groups is 1. The summed E-state index contributed by atoms with van der Waals surface area (Å²) in [6, 6.07) is 1.89. The Bertz CT molecular complexity index is 450. The maximum absolute atomic E-state index is 11.9. The van der Waals surface area contributed by atoms with E-state index in [1.54, 1.807) is 0 Å². The molecule has 0 saturated heterocycles. The van der Waals surface area contributed by atoms with Crippen LogP contribution in [-0.4, -0.2) is 15.9 Å². The maximum Gasteiger partial charge on any atom is 0.242 e. The molecule has 0 spiro atoms. The van der Waals surface area contributed by atoms with Gasteiger partial charge in [-0.15, -0.1) is 0 Å². The number of nitrogens with zero attached hydrogens (tertiary/aromatic N) is 2. The van der Waals surface area contributed by atoms with E-state index < -0.39 is 0 Å². The number of anilines is 1. The van der Waals surface area contributed by atoms with Crippen LogP contribution in [0.3, 0.4) is 0 Å². The van der Waals surface area contributed by atoms with Crippen LogP contribution in [0.4, 0.5) is 5.95 Å². The van der Waals surface area contributed by atoms with Crippen LogP contribution in [0.15, 0.2) is 18.2 Å². The van der Waals surface area contributed by atoms with Crippen LogP contribution < -0.4 is 10.9 Å². The lowest BCUT2D eigenvalue weighted by Crippen LogP contribution is -2.36. The van der Waals surface area contributed by atoms with Gasteiger partial charge in [0.2, 0.25) is 11.9 Å². The zero-order valence-corrected chi connectivity index (χ0v) is 10.7. The van der Waals surface area contributed by atoms with Crippen molar-refractivity contribution in [2.45, 2.75) is 33.1 Å². The average Bonchev–Trinajstić information content (AvgIpc) is 2.36. The minimum atomic E-state index is 0.00195. The lowest BCUT2D eigenvalue weighted by Gasteiger charge is -2.17. The van der Waals surface area contributed by atoms with Crippen molar-refractivity contribution in [1.29, 1.82) is 0 Å². The van der Waals surface area contributed by atoms with E-state index in [1.807, 2.05) is 19.9 Å². The Labute approximate surface area is 107 Å². The number of aromatic nitrogens is 2. The van der Waals surface area contributed by atoms with Crippen LogP contribution in [0.1, 0.15) is 30.7 Å². The highest BCUT2D eigenvalue weighted by atomic mass is 16.2. The van der Waals surface area contributed by atoms with Crippen molar-refractivity contribution in [3.05, 3.63) is 29.6 Å². The normalized spacial score (nSPS) is 18.4. The van der Waals surface area contributed by atoms with Crippen molar-refractivity contribution in [3.63, 3.8) is 0 Å². The van der Waals surface area contributed by atoms with Gasteiger partial charge in [-0.3, -0.25) is 15.6 Å². The van der Waals surface area contributed by atoms with E-state index >= 15 is 0 Å². The first-order valence-corrected chi connectivity index (χ1v) is 6.18. The fourth-order valence-electron chi connectivity index (χ4n) is 2.03. The summed E-state index contributed by atoms with van der Waals surface area (Å²) in [5, 5.41) is 0. The van der Waals surface area contributed by atoms with Crippen molar-refractivity contribution in [2.75, 3.05) is 5.43 Å². The Kier molecular flexibility index (Phi) is 3.92. The lowest BCUT2D eigenvalue weighted by molar-refractivity contribution is -0.124. The van der Waals surface area contributed by atoms with Gasteiger partial charge >= 0.3 is 0 Å². The van der Waals surface area contributed by atoms with Gasteiger partial charge in [0.15, 0.2) is 0 Å². The molecular weight excluding hydrogens is 228 g/mol. The fraction of sp³-hybridized carbons (Fsp3) is 0.462. The first-order valence-electron chi connectivity index (χ1n) is 6.18. The average molecular weight is 246 g/mol. The smallest absolute Gasteiger partial charge is 0.242 e. The number of nitrogens with one attached hydrogen (secondary N) is 2. The number of amides is 1. The monoisotopic (exact) mass is 246 g/mol. The van der Waals surface area contributed by atoms with Gasteiger partial charge in [0.05, 0.1) is 0 Å². The number of aryl methyl sites for hydroxylation is 2. The van der Waals surface area contributed by atoms with Gasteiger partial charge in [-0.2, -0.15) is 0 Å². The summed E-state index contributed by atoms with van der Waals surface area (Å²) in [6.45, 7) is 3.79. The summed E-state index contributed by atoms with van der Waals surface area (Å²) >= 11 is 0. The summed E-state index contributed by atoms with van der Waals surface area (Å²) in [4.78, 5) is 20.3. The third kappa shape index (κ3) is 3.29. The van der Waals surface area contributed by atoms with Crippen LogP contribution in [0.2, 0.25) is 0 Å². The van der Waals surface area contributed by atoms with E-state index in [1.165, 1.54) is 0 Å². The Hall–Kier alpha value is -1.91. The summed E-state index contributed by atoms with van der Waals surface area (Å²) in [7, 11) is 0. The van der Waals surface area contributed by atoms with Gasteiger partial charge in [-0.25, -0.2) is 9.97 Å². The number of carbonyl (C=O) groups excluding carboxylic acids is 1. The first kappa shape index (κ1) is 12.5. The molecule has 0 radical (unpaired) electrons. The summed E-state index contributed by atoms with van der Waals surface area (Å²) < 4.78 is 0. The Morgan fingerprint density at radius 2 is 2.00 bits per heavy atom. The predicted octanol–water partition coefficient (Wildman–Crippen LogP) is 1.89. The summed E-state index contributed by atoms with van der Waals surface area (Å²) in [6.07, 6.45) is 6.85. The van der Waals surface area contributed by atoms with Gasteiger partial charge in [-0.05, 0) is 39.2 Å². The molecule has 96 valence electrons. The molecule has 1 atom stereocenters. The summed E-state index contributed by atoms with van der Waals surface area (Å²) in [5.41, 5.74) is 7.20. The molecule has 0 saturated carbocycles. The number of hydrazine groups is 1. The second-order valence-corrected chi connectivity index (χ2v) is 4.57.